The van der Waals surface area contributed by atoms with Crippen molar-refractivity contribution in [2.75, 3.05) is 5.32 Å². The van der Waals surface area contributed by atoms with Crippen molar-refractivity contribution in [1.82, 2.24) is 4.37 Å². The highest BCUT2D eigenvalue weighted by Crippen LogP contribution is 2.29. The zero-order valence-corrected chi connectivity index (χ0v) is 10.4. The molecule has 0 saturated carbocycles. The molecule has 88 valence electrons. The molecule has 0 atom stereocenters. The molecule has 2 amide bonds. The lowest BCUT2D eigenvalue weighted by atomic mass is 10.1. The number of anilines is 1. The van der Waals surface area contributed by atoms with Crippen LogP contribution in [-0.4, -0.2) is 16.2 Å². The van der Waals surface area contributed by atoms with Gasteiger partial charge in [-0.05, 0) is 17.5 Å². The van der Waals surface area contributed by atoms with Gasteiger partial charge in [0, 0.05) is 11.3 Å². The van der Waals surface area contributed by atoms with Crippen LogP contribution in [0.15, 0.2) is 0 Å². The van der Waals surface area contributed by atoms with Crippen molar-refractivity contribution in [2.24, 2.45) is 5.73 Å². The van der Waals surface area contributed by atoms with E-state index in [1.54, 1.807) is 6.92 Å². The fourth-order valence-corrected chi connectivity index (χ4v) is 2.07. The van der Waals surface area contributed by atoms with Gasteiger partial charge in [0.05, 0.1) is 5.56 Å². The van der Waals surface area contributed by atoms with Crippen LogP contribution in [0.5, 0.6) is 0 Å². The van der Waals surface area contributed by atoms with Gasteiger partial charge in [-0.2, -0.15) is 4.37 Å². The average Bonchev–Trinajstić information content (AvgIpc) is 2.61. The smallest absolute Gasteiger partial charge is 0.253 e. The Morgan fingerprint density at radius 2 is 2.12 bits per heavy atom. The second-order valence-corrected chi connectivity index (χ2v) is 4.50. The first-order chi connectivity index (χ1) is 7.47. The van der Waals surface area contributed by atoms with E-state index < -0.39 is 5.91 Å². The van der Waals surface area contributed by atoms with Gasteiger partial charge in [-0.1, -0.05) is 20.8 Å². The van der Waals surface area contributed by atoms with Gasteiger partial charge < -0.3 is 11.1 Å². The predicted octanol–water partition coefficient (Wildman–Crippen LogP) is 1.71. The molecule has 0 aromatic carbocycles. The molecule has 0 fully saturated rings. The van der Waals surface area contributed by atoms with Crippen molar-refractivity contribution in [3.63, 3.8) is 0 Å². The van der Waals surface area contributed by atoms with Crippen LogP contribution in [0.3, 0.4) is 0 Å². The normalized spacial score (nSPS) is 10.5. The van der Waals surface area contributed by atoms with Crippen molar-refractivity contribution >= 4 is 29.2 Å². The van der Waals surface area contributed by atoms with E-state index in [0.29, 0.717) is 12.0 Å². The van der Waals surface area contributed by atoms with Gasteiger partial charge in [0.25, 0.3) is 5.91 Å². The van der Waals surface area contributed by atoms with Crippen LogP contribution in [0, 0.1) is 0 Å². The summed E-state index contributed by atoms with van der Waals surface area (Å²) in [6.45, 7) is 5.63. The van der Waals surface area contributed by atoms with Gasteiger partial charge in [-0.3, -0.25) is 9.59 Å². The number of nitrogens with two attached hydrogens (primary N) is 1. The van der Waals surface area contributed by atoms with E-state index in [-0.39, 0.29) is 17.6 Å². The number of hydrogen-bond donors (Lipinski definition) is 2. The Kier molecular flexibility index (Phi) is 4.00. The van der Waals surface area contributed by atoms with E-state index in [2.05, 4.69) is 9.69 Å². The quantitative estimate of drug-likeness (QED) is 0.841. The van der Waals surface area contributed by atoms with Crippen LogP contribution in [0.25, 0.3) is 0 Å². The molecule has 0 spiro atoms. The molecule has 0 radical (unpaired) electrons. The number of amides is 2. The highest BCUT2D eigenvalue weighted by Gasteiger charge is 2.21. The third kappa shape index (κ3) is 2.57. The average molecular weight is 241 g/mol. The molecule has 0 aliphatic carbocycles. The Bertz CT molecular complexity index is 412. The Balaban J connectivity index is 3.10. The number of nitrogens with one attached hydrogen (secondary N) is 1. The second kappa shape index (κ2) is 5.07. The fourth-order valence-electron chi connectivity index (χ4n) is 1.24. The first kappa shape index (κ1) is 12.6. The maximum absolute atomic E-state index is 11.3. The first-order valence-corrected chi connectivity index (χ1v) is 5.83. The minimum Gasteiger partial charge on any atom is -0.365 e. The van der Waals surface area contributed by atoms with E-state index in [4.69, 9.17) is 5.73 Å². The van der Waals surface area contributed by atoms with E-state index in [0.717, 1.165) is 4.88 Å². The molecule has 0 unspecified atom stereocenters. The Hall–Kier alpha value is -1.43. The molecular weight excluding hydrogens is 226 g/mol. The molecule has 0 aliphatic rings. The van der Waals surface area contributed by atoms with Crippen LogP contribution in [-0.2, 0) is 4.79 Å². The molecule has 6 heteroatoms. The Labute approximate surface area is 98.2 Å². The van der Waals surface area contributed by atoms with E-state index in [9.17, 15) is 9.59 Å². The number of nitrogens with zero attached hydrogens (tertiary/aromatic N) is 1. The summed E-state index contributed by atoms with van der Waals surface area (Å²) in [7, 11) is 0. The Morgan fingerprint density at radius 3 is 2.56 bits per heavy atom. The molecule has 1 heterocycles. The topological polar surface area (TPSA) is 85.1 Å². The van der Waals surface area contributed by atoms with Crippen LogP contribution in [0.1, 0.15) is 48.3 Å². The zero-order chi connectivity index (χ0) is 12.3. The second-order valence-electron chi connectivity index (χ2n) is 3.69. The summed E-state index contributed by atoms with van der Waals surface area (Å²) < 4.78 is 4.06. The molecule has 5 nitrogen and oxygen atoms in total. The number of carbonyl (C=O) groups excluding carboxylic acids is 2. The molecular formula is C10H15N3O2S. The third-order valence-corrected chi connectivity index (χ3v) is 3.21. The third-order valence-electron chi connectivity index (χ3n) is 2.07. The minimum absolute atomic E-state index is 0.160. The van der Waals surface area contributed by atoms with Crippen LogP contribution in [0.4, 0.5) is 5.82 Å². The van der Waals surface area contributed by atoms with Gasteiger partial charge in [-0.25, -0.2) is 0 Å². The van der Waals surface area contributed by atoms with Gasteiger partial charge in [0.2, 0.25) is 5.91 Å². The van der Waals surface area contributed by atoms with E-state index >= 15 is 0 Å². The molecule has 1 rings (SSSR count). The molecule has 1 aromatic rings. The fraction of sp³-hybridized carbons (Fsp3) is 0.500. The first-order valence-electron chi connectivity index (χ1n) is 5.06. The summed E-state index contributed by atoms with van der Waals surface area (Å²) in [5, 5.41) is 2.58. The van der Waals surface area contributed by atoms with Gasteiger partial charge in [-0.15, -0.1) is 0 Å². The summed E-state index contributed by atoms with van der Waals surface area (Å²) in [5.41, 5.74) is 5.63. The summed E-state index contributed by atoms with van der Waals surface area (Å²) in [5.74, 6) is -0.285. The number of aromatic nitrogens is 1. The standard InChI is InChI=1S/C10H15N3O2S/c1-4-6(14)12-10-7(9(11)15)8(5(2)3)16-13-10/h5H,4H2,1-3H3,(H2,11,15)(H,12,13,14). The largest absolute Gasteiger partial charge is 0.365 e. The summed E-state index contributed by atoms with van der Waals surface area (Å²) in [6.07, 6.45) is 0.340. The van der Waals surface area contributed by atoms with Gasteiger partial charge in [0.15, 0.2) is 5.82 Å². The van der Waals surface area contributed by atoms with Gasteiger partial charge in [0.1, 0.15) is 0 Å². The SMILES string of the molecule is CCC(=O)Nc1nsc(C(C)C)c1C(N)=O. The molecule has 0 saturated heterocycles. The maximum atomic E-state index is 11.3. The summed E-state index contributed by atoms with van der Waals surface area (Å²) in [6, 6.07) is 0. The van der Waals surface area contributed by atoms with Crippen molar-refractivity contribution in [3.8, 4) is 0 Å². The summed E-state index contributed by atoms with van der Waals surface area (Å²) >= 11 is 1.20. The minimum atomic E-state index is -0.552. The highest BCUT2D eigenvalue weighted by atomic mass is 32.1. The lowest BCUT2D eigenvalue weighted by Gasteiger charge is -2.05. The van der Waals surface area contributed by atoms with Crippen molar-refractivity contribution in [1.29, 1.82) is 0 Å². The van der Waals surface area contributed by atoms with Crippen LogP contribution in [0.2, 0.25) is 0 Å². The monoisotopic (exact) mass is 241 g/mol. The molecule has 16 heavy (non-hydrogen) atoms. The van der Waals surface area contributed by atoms with Crippen LogP contribution >= 0.6 is 11.5 Å². The maximum Gasteiger partial charge on any atom is 0.253 e. The lowest BCUT2D eigenvalue weighted by Crippen LogP contribution is -2.18. The van der Waals surface area contributed by atoms with Crippen molar-refractivity contribution in [2.45, 2.75) is 33.1 Å². The van der Waals surface area contributed by atoms with Crippen molar-refractivity contribution < 1.29 is 9.59 Å². The van der Waals surface area contributed by atoms with Crippen LogP contribution < -0.4 is 11.1 Å². The van der Waals surface area contributed by atoms with Crippen molar-refractivity contribution in [3.05, 3.63) is 10.4 Å². The molecule has 3 N–H and O–H groups in total. The summed E-state index contributed by atoms with van der Waals surface area (Å²) in [4.78, 5) is 23.4. The van der Waals surface area contributed by atoms with Gasteiger partial charge >= 0.3 is 0 Å². The number of carbonyl (C=O) groups is 2. The van der Waals surface area contributed by atoms with E-state index in [1.807, 2.05) is 13.8 Å². The lowest BCUT2D eigenvalue weighted by molar-refractivity contribution is -0.115. The Morgan fingerprint density at radius 1 is 1.50 bits per heavy atom. The number of rotatable bonds is 4. The molecule has 1 aromatic heterocycles. The number of hydrogen-bond acceptors (Lipinski definition) is 4. The highest BCUT2D eigenvalue weighted by molar-refractivity contribution is 7.06. The number of primary amides is 1. The predicted molar refractivity (Wildman–Crippen MR) is 63.6 cm³/mol. The zero-order valence-electron chi connectivity index (χ0n) is 9.53. The van der Waals surface area contributed by atoms with E-state index in [1.165, 1.54) is 11.5 Å². The molecule has 0 aliphatic heterocycles. The molecule has 0 bridgehead atoms.